The second-order valence-electron chi connectivity index (χ2n) is 3.86. The van der Waals surface area contributed by atoms with Gasteiger partial charge < -0.3 is 9.84 Å². The zero-order valence-corrected chi connectivity index (χ0v) is 11.3. The minimum atomic E-state index is -1.01. The van der Waals surface area contributed by atoms with Crippen LogP contribution in [0.2, 0.25) is 10.0 Å². The number of benzene rings is 2. The van der Waals surface area contributed by atoms with Crippen molar-refractivity contribution in [3.8, 4) is 16.9 Å². The second kappa shape index (κ2) is 5.95. The lowest BCUT2D eigenvalue weighted by atomic mass is 10.1. The fourth-order valence-electron chi connectivity index (χ4n) is 1.61. The number of carboxylic acid groups (broad SMARTS) is 1. The van der Waals surface area contributed by atoms with E-state index in [4.69, 9.17) is 33.0 Å². The first-order valence-electron chi connectivity index (χ1n) is 5.46. The third-order valence-corrected chi connectivity index (χ3v) is 2.85. The van der Waals surface area contributed by atoms with Crippen LogP contribution in [0.25, 0.3) is 11.1 Å². The molecule has 0 saturated heterocycles. The molecule has 2 rings (SSSR count). The van der Waals surface area contributed by atoms with Gasteiger partial charge in [-0.15, -0.1) is 0 Å². The number of aliphatic carboxylic acids is 1. The molecule has 0 bridgehead atoms. The van der Waals surface area contributed by atoms with E-state index in [1.165, 1.54) is 0 Å². The van der Waals surface area contributed by atoms with Crippen LogP contribution in [0.4, 0.5) is 0 Å². The first kappa shape index (κ1) is 13.7. The third-order valence-electron chi connectivity index (χ3n) is 2.41. The van der Waals surface area contributed by atoms with Gasteiger partial charge in [-0.05, 0) is 41.5 Å². The average Bonchev–Trinajstić information content (AvgIpc) is 2.36. The number of hydrogen-bond donors (Lipinski definition) is 1. The summed E-state index contributed by atoms with van der Waals surface area (Å²) in [6, 6.07) is 12.3. The van der Waals surface area contributed by atoms with Crippen LogP contribution in [0.5, 0.6) is 5.75 Å². The van der Waals surface area contributed by atoms with E-state index in [0.717, 1.165) is 11.1 Å². The summed E-state index contributed by atoms with van der Waals surface area (Å²) in [7, 11) is 0. The molecule has 3 nitrogen and oxygen atoms in total. The minimum Gasteiger partial charge on any atom is -0.482 e. The Labute approximate surface area is 120 Å². The third kappa shape index (κ3) is 3.88. The Morgan fingerprint density at radius 3 is 2.11 bits per heavy atom. The number of halogens is 2. The Balaban J connectivity index is 2.19. The van der Waals surface area contributed by atoms with Gasteiger partial charge in [0.15, 0.2) is 6.61 Å². The topological polar surface area (TPSA) is 46.5 Å². The van der Waals surface area contributed by atoms with Gasteiger partial charge in [-0.3, -0.25) is 0 Å². The molecule has 0 heterocycles. The second-order valence-corrected chi connectivity index (χ2v) is 4.74. The number of carboxylic acids is 1. The van der Waals surface area contributed by atoms with E-state index in [9.17, 15) is 4.79 Å². The van der Waals surface area contributed by atoms with E-state index in [1.807, 2.05) is 12.1 Å². The lowest BCUT2D eigenvalue weighted by Crippen LogP contribution is -2.09. The lowest BCUT2D eigenvalue weighted by molar-refractivity contribution is -0.139. The smallest absolute Gasteiger partial charge is 0.341 e. The van der Waals surface area contributed by atoms with Crippen LogP contribution in [0.15, 0.2) is 42.5 Å². The molecule has 98 valence electrons. The average molecular weight is 297 g/mol. The van der Waals surface area contributed by atoms with Gasteiger partial charge in [0, 0.05) is 10.0 Å². The predicted octanol–water partition coefficient (Wildman–Crippen LogP) is 4.12. The normalized spacial score (nSPS) is 10.2. The molecular formula is C14H10Cl2O3. The highest BCUT2D eigenvalue weighted by atomic mass is 35.5. The molecule has 0 radical (unpaired) electrons. The van der Waals surface area contributed by atoms with Gasteiger partial charge in [-0.25, -0.2) is 4.79 Å². The Morgan fingerprint density at radius 2 is 1.58 bits per heavy atom. The molecule has 0 aliphatic heterocycles. The maximum atomic E-state index is 10.4. The van der Waals surface area contributed by atoms with E-state index in [0.29, 0.717) is 15.8 Å². The molecular weight excluding hydrogens is 287 g/mol. The minimum absolute atomic E-state index is 0.359. The van der Waals surface area contributed by atoms with Gasteiger partial charge in [-0.1, -0.05) is 35.3 Å². The molecule has 2 aromatic rings. The summed E-state index contributed by atoms with van der Waals surface area (Å²) < 4.78 is 5.05. The highest BCUT2D eigenvalue weighted by Crippen LogP contribution is 2.28. The maximum absolute atomic E-state index is 10.4. The van der Waals surface area contributed by atoms with Crippen LogP contribution in [0, 0.1) is 0 Å². The van der Waals surface area contributed by atoms with Gasteiger partial charge in [0.25, 0.3) is 0 Å². The van der Waals surface area contributed by atoms with Gasteiger partial charge >= 0.3 is 5.97 Å². The van der Waals surface area contributed by atoms with Crippen LogP contribution >= 0.6 is 23.2 Å². The largest absolute Gasteiger partial charge is 0.482 e. The van der Waals surface area contributed by atoms with Crippen molar-refractivity contribution < 1.29 is 14.6 Å². The molecule has 0 atom stereocenters. The van der Waals surface area contributed by atoms with Crippen LogP contribution in [0.3, 0.4) is 0 Å². The first-order chi connectivity index (χ1) is 9.04. The van der Waals surface area contributed by atoms with Crippen molar-refractivity contribution in [1.29, 1.82) is 0 Å². The summed E-state index contributed by atoms with van der Waals surface area (Å²) in [6.07, 6.45) is 0. The molecule has 1 N–H and O–H groups in total. The first-order valence-corrected chi connectivity index (χ1v) is 6.21. The maximum Gasteiger partial charge on any atom is 0.341 e. The number of rotatable bonds is 4. The van der Waals surface area contributed by atoms with Crippen molar-refractivity contribution in [1.82, 2.24) is 0 Å². The Kier molecular flexibility index (Phi) is 4.30. The molecule has 0 amide bonds. The summed E-state index contributed by atoms with van der Waals surface area (Å²) in [5.41, 5.74) is 1.81. The standard InChI is InChI=1S/C14H10Cl2O3/c15-11-5-10(6-12(16)7-11)9-1-3-13(4-2-9)19-8-14(17)18/h1-7H,8H2,(H,17,18). The molecule has 0 aromatic heterocycles. The molecule has 2 aromatic carbocycles. The summed E-state index contributed by atoms with van der Waals surface area (Å²) >= 11 is 11.9. The molecule has 0 spiro atoms. The van der Waals surface area contributed by atoms with Crippen molar-refractivity contribution in [2.24, 2.45) is 0 Å². The van der Waals surface area contributed by atoms with Crippen LogP contribution < -0.4 is 4.74 Å². The van der Waals surface area contributed by atoms with Gasteiger partial charge in [0.05, 0.1) is 0 Å². The summed E-state index contributed by atoms with van der Waals surface area (Å²) in [5.74, 6) is -0.509. The highest BCUT2D eigenvalue weighted by Gasteiger charge is 2.03. The van der Waals surface area contributed by atoms with E-state index >= 15 is 0 Å². The van der Waals surface area contributed by atoms with E-state index in [-0.39, 0.29) is 6.61 Å². The fourth-order valence-corrected chi connectivity index (χ4v) is 2.14. The molecule has 19 heavy (non-hydrogen) atoms. The van der Waals surface area contributed by atoms with Crippen molar-refractivity contribution >= 4 is 29.2 Å². The zero-order valence-electron chi connectivity index (χ0n) is 9.77. The number of ether oxygens (including phenoxy) is 1. The number of carbonyl (C=O) groups is 1. The Bertz CT molecular complexity index is 574. The summed E-state index contributed by atoms with van der Waals surface area (Å²) in [5, 5.41) is 9.64. The van der Waals surface area contributed by atoms with Gasteiger partial charge in [-0.2, -0.15) is 0 Å². The van der Waals surface area contributed by atoms with Crippen molar-refractivity contribution in [3.63, 3.8) is 0 Å². The molecule has 0 unspecified atom stereocenters. The van der Waals surface area contributed by atoms with Crippen LogP contribution in [0.1, 0.15) is 0 Å². The van der Waals surface area contributed by atoms with Crippen molar-refractivity contribution in [2.45, 2.75) is 0 Å². The van der Waals surface area contributed by atoms with Crippen LogP contribution in [-0.2, 0) is 4.79 Å². The van der Waals surface area contributed by atoms with Crippen LogP contribution in [-0.4, -0.2) is 17.7 Å². The Hall–Kier alpha value is -1.71. The molecule has 0 fully saturated rings. The lowest BCUT2D eigenvalue weighted by Gasteiger charge is -2.06. The van der Waals surface area contributed by atoms with E-state index in [2.05, 4.69) is 0 Å². The molecule has 0 aliphatic rings. The SMILES string of the molecule is O=C(O)COc1ccc(-c2cc(Cl)cc(Cl)c2)cc1. The summed E-state index contributed by atoms with van der Waals surface area (Å²) in [4.78, 5) is 10.4. The van der Waals surface area contributed by atoms with Gasteiger partial charge in [0.2, 0.25) is 0 Å². The number of hydrogen-bond acceptors (Lipinski definition) is 2. The van der Waals surface area contributed by atoms with Crippen molar-refractivity contribution in [2.75, 3.05) is 6.61 Å². The van der Waals surface area contributed by atoms with E-state index < -0.39 is 5.97 Å². The zero-order chi connectivity index (χ0) is 13.8. The fraction of sp³-hybridized carbons (Fsp3) is 0.0714. The monoisotopic (exact) mass is 296 g/mol. The van der Waals surface area contributed by atoms with E-state index in [1.54, 1.807) is 30.3 Å². The quantitative estimate of drug-likeness (QED) is 0.923. The predicted molar refractivity (Wildman–Crippen MR) is 75.0 cm³/mol. The Morgan fingerprint density at radius 1 is 1.00 bits per heavy atom. The molecule has 0 saturated carbocycles. The molecule has 0 aliphatic carbocycles. The van der Waals surface area contributed by atoms with Gasteiger partial charge in [0.1, 0.15) is 5.75 Å². The highest BCUT2D eigenvalue weighted by molar-refractivity contribution is 6.35. The molecule has 5 heteroatoms. The summed E-state index contributed by atoms with van der Waals surface area (Å²) in [6.45, 7) is -0.359. The van der Waals surface area contributed by atoms with Crippen molar-refractivity contribution in [3.05, 3.63) is 52.5 Å².